The smallest absolute Gasteiger partial charge is 0.269 e. The van der Waals surface area contributed by atoms with Gasteiger partial charge in [0.15, 0.2) is 4.91 Å². The second-order valence-electron chi connectivity index (χ2n) is 5.29. The van der Waals surface area contributed by atoms with Crippen molar-refractivity contribution in [2.75, 3.05) is 17.6 Å². The number of sulfonamides is 1. The van der Waals surface area contributed by atoms with Gasteiger partial charge in [0.05, 0.1) is 21.6 Å². The van der Waals surface area contributed by atoms with Gasteiger partial charge in [-0.3, -0.25) is 9.10 Å². The molecule has 0 saturated carbocycles. The number of allylic oxidation sites excluding steroid dienone is 1. The van der Waals surface area contributed by atoms with E-state index in [-0.39, 0.29) is 0 Å². The molecule has 132 valence electrons. The van der Waals surface area contributed by atoms with Gasteiger partial charge in [-0.05, 0) is 35.7 Å². The Morgan fingerprint density at radius 2 is 1.88 bits per heavy atom. The van der Waals surface area contributed by atoms with Crippen LogP contribution in [0.3, 0.4) is 0 Å². The van der Waals surface area contributed by atoms with Crippen molar-refractivity contribution in [2.45, 2.75) is 4.90 Å². The van der Waals surface area contributed by atoms with Crippen LogP contribution in [0, 0.1) is 0 Å². The first-order chi connectivity index (χ1) is 11.6. The van der Waals surface area contributed by atoms with Gasteiger partial charge in [0.2, 0.25) is 5.78 Å². The summed E-state index contributed by atoms with van der Waals surface area (Å²) in [5, 5.41) is 2.12. The molecule has 1 aliphatic heterocycles. The lowest BCUT2D eigenvalue weighted by Gasteiger charge is -2.24. The molecule has 1 aromatic carbocycles. The third-order valence-corrected chi connectivity index (χ3v) is 8.25. The Morgan fingerprint density at radius 1 is 1.24 bits per heavy atom. The highest BCUT2D eigenvalue weighted by Gasteiger charge is 2.39. The van der Waals surface area contributed by atoms with Crippen molar-refractivity contribution in [1.82, 2.24) is 0 Å². The molecule has 0 saturated heterocycles. The molecular formula is C15H13ClN2O4S3. The fourth-order valence-corrected chi connectivity index (χ4v) is 5.74. The Bertz CT molecular complexity index is 1110. The van der Waals surface area contributed by atoms with Crippen LogP contribution in [-0.4, -0.2) is 31.7 Å². The van der Waals surface area contributed by atoms with Crippen LogP contribution in [0.1, 0.15) is 9.67 Å². The van der Waals surface area contributed by atoms with Crippen LogP contribution in [0.5, 0.6) is 0 Å². The molecule has 0 amide bonds. The number of benzene rings is 1. The summed E-state index contributed by atoms with van der Waals surface area (Å²) in [4.78, 5) is 12.7. The number of fused-ring (bicyclic) bond motifs is 1. The second kappa shape index (κ2) is 6.24. The van der Waals surface area contributed by atoms with Gasteiger partial charge < -0.3 is 0 Å². The molecule has 1 aliphatic rings. The zero-order chi connectivity index (χ0) is 18.4. The average Bonchev–Trinajstić information content (AvgIpc) is 3.03. The Labute approximate surface area is 155 Å². The maximum absolute atomic E-state index is 12.8. The molecule has 6 nitrogen and oxygen atoms in total. The number of hydrogen-bond acceptors (Lipinski definition) is 6. The van der Waals surface area contributed by atoms with Crippen molar-refractivity contribution in [1.29, 1.82) is 0 Å². The molecule has 0 spiro atoms. The number of rotatable bonds is 2. The molecule has 2 heterocycles. The van der Waals surface area contributed by atoms with Crippen LogP contribution in [0.2, 0.25) is 5.02 Å². The molecule has 25 heavy (non-hydrogen) atoms. The highest BCUT2D eigenvalue weighted by atomic mass is 35.5. The molecule has 1 aromatic heterocycles. The number of carbonyl (C=O) groups excluding carboxylic acids is 1. The van der Waals surface area contributed by atoms with Crippen molar-refractivity contribution < 1.29 is 17.4 Å². The number of Topliss-reactive ketones (excluding diaryl/α,β-unsaturated/α-hetero) is 1. The maximum Gasteiger partial charge on any atom is 0.269 e. The SMILES string of the molecule is CN1c2ccsc2C(=O)/C(=C\N=[S@](C)(=O)c2ccc(Cl)cc2)S1(=O)=O. The van der Waals surface area contributed by atoms with E-state index >= 15 is 0 Å². The lowest BCUT2D eigenvalue weighted by molar-refractivity contribution is 0.104. The van der Waals surface area contributed by atoms with Crippen LogP contribution in [0.25, 0.3) is 0 Å². The van der Waals surface area contributed by atoms with Crippen LogP contribution in [0.4, 0.5) is 5.69 Å². The Hall–Kier alpha value is -1.68. The maximum atomic E-state index is 12.8. The lowest BCUT2D eigenvalue weighted by Crippen LogP contribution is -2.35. The molecule has 0 fully saturated rings. The summed E-state index contributed by atoms with van der Waals surface area (Å²) in [6.07, 6.45) is 2.27. The normalized spacial score (nSPS) is 20.2. The van der Waals surface area contributed by atoms with Crippen LogP contribution in [-0.2, 0) is 19.8 Å². The number of halogens is 1. The van der Waals surface area contributed by atoms with Gasteiger partial charge in [0.1, 0.15) is 4.88 Å². The fourth-order valence-electron chi connectivity index (χ4n) is 2.25. The van der Waals surface area contributed by atoms with E-state index in [0.29, 0.717) is 20.5 Å². The summed E-state index contributed by atoms with van der Waals surface area (Å²) < 4.78 is 42.8. The summed E-state index contributed by atoms with van der Waals surface area (Å²) in [6.45, 7) is 0. The van der Waals surface area contributed by atoms with Gasteiger partial charge in [-0.2, -0.15) is 0 Å². The fraction of sp³-hybridized carbons (Fsp3) is 0.133. The van der Waals surface area contributed by atoms with Gasteiger partial charge in [0, 0.05) is 23.2 Å². The number of carbonyl (C=O) groups is 1. The topological polar surface area (TPSA) is 83.9 Å². The monoisotopic (exact) mass is 416 g/mol. The van der Waals surface area contributed by atoms with Crippen LogP contribution >= 0.6 is 22.9 Å². The van der Waals surface area contributed by atoms with Gasteiger partial charge >= 0.3 is 0 Å². The summed E-state index contributed by atoms with van der Waals surface area (Å²) in [6, 6.07) is 7.80. The van der Waals surface area contributed by atoms with Gasteiger partial charge in [-0.1, -0.05) is 11.6 Å². The van der Waals surface area contributed by atoms with Gasteiger partial charge in [-0.15, -0.1) is 11.3 Å². The number of anilines is 1. The van der Waals surface area contributed by atoms with E-state index in [9.17, 15) is 17.4 Å². The molecule has 0 unspecified atom stereocenters. The molecule has 10 heteroatoms. The van der Waals surface area contributed by atoms with E-state index in [1.54, 1.807) is 35.7 Å². The van der Waals surface area contributed by atoms with Crippen molar-refractivity contribution >= 4 is 54.2 Å². The number of thiophene rings is 1. The zero-order valence-electron chi connectivity index (χ0n) is 13.2. The Balaban J connectivity index is 2.13. The number of nitrogens with zero attached hydrogens (tertiary/aromatic N) is 2. The van der Waals surface area contributed by atoms with Crippen LogP contribution in [0.15, 0.2) is 56.1 Å². The van der Waals surface area contributed by atoms with Crippen molar-refractivity contribution in [3.8, 4) is 0 Å². The first-order valence-corrected chi connectivity index (χ1v) is 11.5. The predicted octanol–water partition coefficient (Wildman–Crippen LogP) is 3.36. The number of hydrogen-bond donors (Lipinski definition) is 0. The van der Waals surface area contributed by atoms with E-state index in [4.69, 9.17) is 11.6 Å². The van der Waals surface area contributed by atoms with E-state index in [0.717, 1.165) is 21.8 Å². The third kappa shape index (κ3) is 3.12. The molecule has 3 rings (SSSR count). The third-order valence-electron chi connectivity index (χ3n) is 3.67. The van der Waals surface area contributed by atoms with Crippen molar-refractivity contribution in [2.24, 2.45) is 4.36 Å². The summed E-state index contributed by atoms with van der Waals surface area (Å²) in [5.74, 6) is -0.641. The quantitative estimate of drug-likeness (QED) is 0.702. The summed E-state index contributed by atoms with van der Waals surface area (Å²) >= 11 is 6.96. The first-order valence-electron chi connectivity index (χ1n) is 6.93. The standard InChI is InChI=1S/C15H13ClN2O4S3/c1-18-12-7-8-23-15(12)14(19)13(25(18,21)22)9-17-24(2,20)11-5-3-10(16)4-6-11/h3-9H,1-2H3/b13-9+/t24-/m1/s1. The minimum atomic E-state index is -4.03. The molecular weight excluding hydrogens is 404 g/mol. The molecule has 0 aliphatic carbocycles. The highest BCUT2D eigenvalue weighted by molar-refractivity contribution is 7.98. The second-order valence-corrected chi connectivity index (χ2v) is 10.9. The minimum Gasteiger partial charge on any atom is -0.287 e. The van der Waals surface area contributed by atoms with Crippen molar-refractivity contribution in [3.05, 3.63) is 56.7 Å². The van der Waals surface area contributed by atoms with Gasteiger partial charge in [-0.25, -0.2) is 17.0 Å². The Morgan fingerprint density at radius 3 is 2.52 bits per heavy atom. The number of ketones is 1. The largest absolute Gasteiger partial charge is 0.287 e. The highest BCUT2D eigenvalue weighted by Crippen LogP contribution is 2.37. The minimum absolute atomic E-state index is 0.313. The first kappa shape index (κ1) is 18.1. The van der Waals surface area contributed by atoms with E-state index in [1.165, 1.54) is 13.3 Å². The van der Waals surface area contributed by atoms with E-state index in [2.05, 4.69) is 4.36 Å². The zero-order valence-corrected chi connectivity index (χ0v) is 16.4. The van der Waals surface area contributed by atoms with E-state index < -0.39 is 30.4 Å². The lowest BCUT2D eigenvalue weighted by atomic mass is 10.2. The molecule has 0 radical (unpaired) electrons. The molecule has 0 bridgehead atoms. The van der Waals surface area contributed by atoms with Crippen LogP contribution < -0.4 is 4.31 Å². The molecule has 0 N–H and O–H groups in total. The average molecular weight is 417 g/mol. The van der Waals surface area contributed by atoms with Crippen molar-refractivity contribution in [3.63, 3.8) is 0 Å². The predicted molar refractivity (Wildman–Crippen MR) is 100 cm³/mol. The van der Waals surface area contributed by atoms with Gasteiger partial charge in [0.25, 0.3) is 10.0 Å². The summed E-state index contributed by atoms with van der Waals surface area (Å²) in [5.41, 5.74) is 0.335. The Kier molecular flexibility index (Phi) is 4.52. The summed E-state index contributed by atoms with van der Waals surface area (Å²) in [7, 11) is -5.59. The van der Waals surface area contributed by atoms with E-state index in [1.807, 2.05) is 0 Å². The molecule has 1 atom stereocenters. The molecule has 2 aromatic rings.